The van der Waals surface area contributed by atoms with Gasteiger partial charge in [0.1, 0.15) is 17.9 Å². The number of fused-ring (bicyclic) bond motifs is 3. The van der Waals surface area contributed by atoms with Crippen LogP contribution >= 0.6 is 0 Å². The smallest absolute Gasteiger partial charge is 0.254 e. The second-order valence-corrected chi connectivity index (χ2v) is 7.59. The number of pyridine rings is 1. The van der Waals surface area contributed by atoms with Crippen LogP contribution in [0.1, 0.15) is 48.1 Å². The minimum Gasteiger partial charge on any atom is -0.488 e. The van der Waals surface area contributed by atoms with Gasteiger partial charge >= 0.3 is 0 Å². The number of rotatable bonds is 5. The summed E-state index contributed by atoms with van der Waals surface area (Å²) >= 11 is 0. The van der Waals surface area contributed by atoms with E-state index < -0.39 is 5.82 Å². The summed E-state index contributed by atoms with van der Waals surface area (Å²) < 4.78 is 21.4. The van der Waals surface area contributed by atoms with Crippen LogP contribution < -0.4 is 10.1 Å². The lowest BCUT2D eigenvalue weighted by Gasteiger charge is -2.16. The Balaban J connectivity index is 1.53. The highest BCUT2D eigenvalue weighted by atomic mass is 19.1. The normalized spacial score (nSPS) is 14.9. The topological polar surface area (TPSA) is 69.0 Å². The highest BCUT2D eigenvalue weighted by Gasteiger charge is 2.21. The molecule has 152 valence electrons. The first-order valence-electron chi connectivity index (χ1n) is 10.1. The predicted octanol–water partition coefficient (Wildman–Crippen LogP) is 3.80. The number of imidazole rings is 1. The van der Waals surface area contributed by atoms with Gasteiger partial charge in [-0.15, -0.1) is 0 Å². The fraction of sp³-hybridized carbons (Fsp3) is 0.409. The zero-order valence-electron chi connectivity index (χ0n) is 16.7. The number of carbonyl (C=O) groups excluding carboxylic acids is 1. The number of hydrogen-bond donors (Lipinski definition) is 1. The molecule has 0 fully saturated rings. The fourth-order valence-electron chi connectivity index (χ4n) is 3.71. The van der Waals surface area contributed by atoms with Crippen molar-refractivity contribution in [2.75, 3.05) is 6.61 Å². The summed E-state index contributed by atoms with van der Waals surface area (Å²) in [6.45, 7) is 4.76. The van der Waals surface area contributed by atoms with Gasteiger partial charge in [-0.2, -0.15) is 0 Å². The Kier molecular flexibility index (Phi) is 5.47. The number of nitrogens with one attached hydrogen (secondary N) is 1. The van der Waals surface area contributed by atoms with E-state index in [9.17, 15) is 9.18 Å². The summed E-state index contributed by atoms with van der Waals surface area (Å²) in [5.74, 6) is 0.532. The second-order valence-electron chi connectivity index (χ2n) is 7.59. The van der Waals surface area contributed by atoms with Crippen LogP contribution in [-0.4, -0.2) is 33.1 Å². The lowest BCUT2D eigenvalue weighted by atomic mass is 10.1. The molecule has 0 aliphatic carbocycles. The number of amides is 1. The lowest BCUT2D eigenvalue weighted by molar-refractivity contribution is 0.0927. The standard InChI is InChI=1S/C22H25FN4O2/c1-14-12-16(20-21(24-14)27-11-7-3-4-10-19(27)26-20)22(28)25-15(2)13-29-18-9-6-5-8-17(18)23/h5-6,8-9,12,15H,3-4,7,10-11,13H2,1-2H3,(H,25,28). The number of hydrogen-bond acceptors (Lipinski definition) is 4. The number of para-hydroxylation sites is 1. The Hall–Kier alpha value is -2.96. The first-order valence-corrected chi connectivity index (χ1v) is 10.1. The molecular formula is C22H25FN4O2. The van der Waals surface area contributed by atoms with Gasteiger partial charge < -0.3 is 14.6 Å². The third kappa shape index (κ3) is 4.09. The van der Waals surface area contributed by atoms with E-state index in [-0.39, 0.29) is 24.3 Å². The molecule has 2 aromatic heterocycles. The highest BCUT2D eigenvalue weighted by molar-refractivity contribution is 6.04. The molecule has 0 spiro atoms. The zero-order chi connectivity index (χ0) is 20.4. The Labute approximate surface area is 169 Å². The van der Waals surface area contributed by atoms with E-state index in [0.29, 0.717) is 11.1 Å². The van der Waals surface area contributed by atoms with Crippen LogP contribution in [0.3, 0.4) is 0 Å². The van der Waals surface area contributed by atoms with Gasteiger partial charge in [0.15, 0.2) is 17.2 Å². The summed E-state index contributed by atoms with van der Waals surface area (Å²) in [4.78, 5) is 22.4. The Bertz CT molecular complexity index is 1050. The number of nitrogens with zero attached hydrogens (tertiary/aromatic N) is 3. The molecule has 1 aliphatic rings. The van der Waals surface area contributed by atoms with Crippen LogP contribution in [0.25, 0.3) is 11.2 Å². The van der Waals surface area contributed by atoms with E-state index in [0.717, 1.165) is 43.0 Å². The molecule has 4 rings (SSSR count). The van der Waals surface area contributed by atoms with Crippen LogP contribution in [0.15, 0.2) is 30.3 Å². The quantitative estimate of drug-likeness (QED) is 0.712. The second kappa shape index (κ2) is 8.19. The van der Waals surface area contributed by atoms with Crippen molar-refractivity contribution in [3.63, 3.8) is 0 Å². The third-order valence-corrected chi connectivity index (χ3v) is 5.14. The van der Waals surface area contributed by atoms with Crippen molar-refractivity contribution in [3.05, 3.63) is 53.2 Å². The van der Waals surface area contributed by atoms with E-state index in [1.54, 1.807) is 24.3 Å². The molecule has 29 heavy (non-hydrogen) atoms. The average molecular weight is 396 g/mol. The molecule has 1 aromatic carbocycles. The van der Waals surface area contributed by atoms with Gasteiger partial charge in [0.05, 0.1) is 11.6 Å². The van der Waals surface area contributed by atoms with Gasteiger partial charge in [-0.25, -0.2) is 14.4 Å². The molecule has 3 aromatic rings. The van der Waals surface area contributed by atoms with Crippen LogP contribution in [0, 0.1) is 12.7 Å². The maximum Gasteiger partial charge on any atom is 0.254 e. The molecule has 1 amide bonds. The Morgan fingerprint density at radius 1 is 1.28 bits per heavy atom. The van der Waals surface area contributed by atoms with E-state index in [1.807, 2.05) is 13.8 Å². The van der Waals surface area contributed by atoms with E-state index in [1.165, 1.54) is 12.5 Å². The van der Waals surface area contributed by atoms with E-state index in [4.69, 9.17) is 9.72 Å². The molecule has 1 atom stereocenters. The SMILES string of the molecule is Cc1cc(C(=O)NC(C)COc2ccccc2F)c2nc3n(c2n1)CCCCC3. The van der Waals surface area contributed by atoms with Crippen LogP contribution in [-0.2, 0) is 13.0 Å². The minimum absolute atomic E-state index is 0.166. The molecule has 6 nitrogen and oxygen atoms in total. The van der Waals surface area contributed by atoms with Gasteiger partial charge in [0.2, 0.25) is 0 Å². The Morgan fingerprint density at radius 3 is 2.93 bits per heavy atom. The monoisotopic (exact) mass is 396 g/mol. The van der Waals surface area contributed by atoms with Crippen molar-refractivity contribution in [2.24, 2.45) is 0 Å². The number of halogens is 1. The minimum atomic E-state index is -0.419. The summed E-state index contributed by atoms with van der Waals surface area (Å²) in [6, 6.07) is 7.70. The largest absolute Gasteiger partial charge is 0.488 e. The summed E-state index contributed by atoms with van der Waals surface area (Å²) in [5.41, 5.74) is 2.73. The van der Waals surface area contributed by atoms with Crippen LogP contribution in [0.4, 0.5) is 4.39 Å². The molecular weight excluding hydrogens is 371 g/mol. The molecule has 1 unspecified atom stereocenters. The lowest BCUT2D eigenvalue weighted by Crippen LogP contribution is -2.37. The molecule has 7 heteroatoms. The highest BCUT2D eigenvalue weighted by Crippen LogP contribution is 2.24. The van der Waals surface area contributed by atoms with Crippen molar-refractivity contribution in [1.82, 2.24) is 19.9 Å². The molecule has 1 aliphatic heterocycles. The van der Waals surface area contributed by atoms with Gasteiger partial charge in [0, 0.05) is 18.7 Å². The van der Waals surface area contributed by atoms with Crippen LogP contribution in [0.5, 0.6) is 5.75 Å². The zero-order valence-corrected chi connectivity index (χ0v) is 16.7. The van der Waals surface area contributed by atoms with Crippen molar-refractivity contribution in [1.29, 1.82) is 0 Å². The number of carbonyl (C=O) groups is 1. The Morgan fingerprint density at radius 2 is 2.10 bits per heavy atom. The molecule has 1 N–H and O–H groups in total. The van der Waals surface area contributed by atoms with E-state index >= 15 is 0 Å². The van der Waals surface area contributed by atoms with Gasteiger partial charge in [-0.3, -0.25) is 4.79 Å². The maximum absolute atomic E-state index is 13.7. The maximum atomic E-state index is 13.7. The molecule has 0 bridgehead atoms. The molecule has 0 saturated carbocycles. The first kappa shape index (κ1) is 19.4. The first-order chi connectivity index (χ1) is 14.0. The molecule has 0 saturated heterocycles. The van der Waals surface area contributed by atoms with Crippen molar-refractivity contribution >= 4 is 17.1 Å². The summed E-state index contributed by atoms with van der Waals surface area (Å²) in [5, 5.41) is 2.93. The van der Waals surface area contributed by atoms with Crippen molar-refractivity contribution < 1.29 is 13.9 Å². The molecule has 0 radical (unpaired) electrons. The predicted molar refractivity (Wildman–Crippen MR) is 109 cm³/mol. The summed E-state index contributed by atoms with van der Waals surface area (Å²) in [6.07, 6.45) is 4.29. The molecule has 3 heterocycles. The van der Waals surface area contributed by atoms with Crippen molar-refractivity contribution in [2.45, 2.75) is 52.1 Å². The van der Waals surface area contributed by atoms with Crippen molar-refractivity contribution in [3.8, 4) is 5.75 Å². The van der Waals surface area contributed by atoms with E-state index in [2.05, 4.69) is 14.9 Å². The fourth-order valence-corrected chi connectivity index (χ4v) is 3.71. The summed E-state index contributed by atoms with van der Waals surface area (Å²) in [7, 11) is 0. The van der Waals surface area contributed by atoms with Crippen LogP contribution in [0.2, 0.25) is 0 Å². The van der Waals surface area contributed by atoms with Gasteiger partial charge in [-0.1, -0.05) is 18.6 Å². The number of benzene rings is 1. The number of aromatic nitrogens is 3. The average Bonchev–Trinajstić information content (AvgIpc) is 2.87. The number of aryl methyl sites for hydroxylation is 3. The third-order valence-electron chi connectivity index (χ3n) is 5.14. The van der Waals surface area contributed by atoms with Gasteiger partial charge in [0.25, 0.3) is 5.91 Å². The number of ether oxygens (including phenoxy) is 1. The van der Waals surface area contributed by atoms with Gasteiger partial charge in [-0.05, 0) is 44.9 Å².